The highest BCUT2D eigenvalue weighted by Gasteiger charge is 2.36. The molecule has 0 saturated carbocycles. The minimum atomic E-state index is -3.47. The molecule has 1 aromatic carbocycles. The Morgan fingerprint density at radius 2 is 1.73 bits per heavy atom. The van der Waals surface area contributed by atoms with E-state index in [1.165, 1.54) is 4.31 Å². The zero-order chi connectivity index (χ0) is 19.3. The summed E-state index contributed by atoms with van der Waals surface area (Å²) in [6, 6.07) is 3.08. The standard InChI is InChI=1S/C18H27NO6S/c1-5-23-16-10-13-8-9-19(26(4,21)22)15(12-18(20)25-7-3)14(13)11-17(16)24-6-2/h10-11,15H,5-9,12H2,1-4H3/t15-/m0/s1. The van der Waals surface area contributed by atoms with Gasteiger partial charge < -0.3 is 14.2 Å². The molecule has 0 unspecified atom stereocenters. The van der Waals surface area contributed by atoms with Crippen molar-refractivity contribution in [3.63, 3.8) is 0 Å². The molecule has 0 aromatic heterocycles. The van der Waals surface area contributed by atoms with Crippen molar-refractivity contribution in [1.82, 2.24) is 4.31 Å². The number of ether oxygens (including phenoxy) is 3. The molecule has 1 atom stereocenters. The summed E-state index contributed by atoms with van der Waals surface area (Å²) in [5.74, 6) is 0.763. The molecule has 0 N–H and O–H groups in total. The summed E-state index contributed by atoms with van der Waals surface area (Å²) in [7, 11) is -3.47. The summed E-state index contributed by atoms with van der Waals surface area (Å²) in [5, 5.41) is 0. The van der Waals surface area contributed by atoms with Crippen molar-refractivity contribution in [3.8, 4) is 11.5 Å². The monoisotopic (exact) mass is 385 g/mol. The molecule has 26 heavy (non-hydrogen) atoms. The Bertz CT molecular complexity index is 746. The summed E-state index contributed by atoms with van der Waals surface area (Å²) in [6.45, 7) is 7.01. The third-order valence-electron chi connectivity index (χ3n) is 4.20. The van der Waals surface area contributed by atoms with Crippen molar-refractivity contribution >= 4 is 16.0 Å². The number of nitrogens with zero attached hydrogens (tertiary/aromatic N) is 1. The van der Waals surface area contributed by atoms with E-state index >= 15 is 0 Å². The molecule has 1 aliphatic heterocycles. The summed E-state index contributed by atoms with van der Waals surface area (Å²) >= 11 is 0. The predicted molar refractivity (Wildman–Crippen MR) is 98.0 cm³/mol. The minimum absolute atomic E-state index is 0.0343. The maximum absolute atomic E-state index is 12.2. The van der Waals surface area contributed by atoms with Crippen molar-refractivity contribution < 1.29 is 27.4 Å². The van der Waals surface area contributed by atoms with Gasteiger partial charge >= 0.3 is 5.97 Å². The van der Waals surface area contributed by atoms with Crippen LogP contribution in [-0.4, -0.2) is 51.3 Å². The third kappa shape index (κ3) is 4.67. The van der Waals surface area contributed by atoms with Crippen molar-refractivity contribution in [2.75, 3.05) is 32.6 Å². The summed E-state index contributed by atoms with van der Waals surface area (Å²) in [6.07, 6.45) is 1.68. The second kappa shape index (κ2) is 8.73. The van der Waals surface area contributed by atoms with E-state index < -0.39 is 22.0 Å². The Balaban J connectivity index is 2.50. The maximum Gasteiger partial charge on any atom is 0.307 e. The summed E-state index contributed by atoms with van der Waals surface area (Å²) < 4.78 is 42.2. The van der Waals surface area contributed by atoms with Gasteiger partial charge in [-0.3, -0.25) is 4.79 Å². The van der Waals surface area contributed by atoms with E-state index in [-0.39, 0.29) is 13.0 Å². The highest BCUT2D eigenvalue weighted by Crippen LogP contribution is 2.40. The molecule has 0 amide bonds. The van der Waals surface area contributed by atoms with E-state index in [0.717, 1.165) is 17.4 Å². The van der Waals surface area contributed by atoms with Crippen LogP contribution in [-0.2, 0) is 26.0 Å². The molecule has 0 radical (unpaired) electrons. The first-order chi connectivity index (χ1) is 12.3. The molecule has 146 valence electrons. The molecule has 0 fully saturated rings. The average molecular weight is 385 g/mol. The number of benzene rings is 1. The first-order valence-electron chi connectivity index (χ1n) is 8.86. The van der Waals surface area contributed by atoms with Crippen LogP contribution in [0.25, 0.3) is 0 Å². The zero-order valence-electron chi connectivity index (χ0n) is 15.8. The van der Waals surface area contributed by atoms with E-state index in [0.29, 0.717) is 37.7 Å². The topological polar surface area (TPSA) is 82.1 Å². The van der Waals surface area contributed by atoms with Crippen LogP contribution < -0.4 is 9.47 Å². The lowest BCUT2D eigenvalue weighted by molar-refractivity contribution is -0.144. The molecule has 2 rings (SSSR count). The SMILES string of the molecule is CCOC(=O)C[C@H]1c2cc(OCC)c(OCC)cc2CCN1S(C)(=O)=O. The molecule has 7 nitrogen and oxygen atoms in total. The number of carbonyl (C=O) groups is 1. The second-order valence-corrected chi connectivity index (χ2v) is 7.95. The zero-order valence-corrected chi connectivity index (χ0v) is 16.6. The molecule has 1 aromatic rings. The number of rotatable bonds is 8. The molecule has 0 aliphatic carbocycles. The Morgan fingerprint density at radius 3 is 2.27 bits per heavy atom. The highest BCUT2D eigenvalue weighted by molar-refractivity contribution is 7.88. The third-order valence-corrected chi connectivity index (χ3v) is 5.49. The number of fused-ring (bicyclic) bond motifs is 1. The van der Waals surface area contributed by atoms with Crippen molar-refractivity contribution in [2.24, 2.45) is 0 Å². The molecular formula is C18H27NO6S. The summed E-state index contributed by atoms with van der Waals surface area (Å²) in [5.41, 5.74) is 1.73. The number of esters is 1. The van der Waals surface area contributed by atoms with Crippen LogP contribution in [0, 0.1) is 0 Å². The molecule has 0 saturated heterocycles. The van der Waals surface area contributed by atoms with Crippen LogP contribution in [0.3, 0.4) is 0 Å². The first kappa shape index (κ1) is 20.5. The number of hydrogen-bond acceptors (Lipinski definition) is 6. The molecule has 8 heteroatoms. The molecule has 1 aliphatic rings. The smallest absolute Gasteiger partial charge is 0.307 e. The van der Waals surface area contributed by atoms with Crippen molar-refractivity contribution in [1.29, 1.82) is 0 Å². The number of hydrogen-bond donors (Lipinski definition) is 0. The Morgan fingerprint density at radius 1 is 1.12 bits per heavy atom. The van der Waals surface area contributed by atoms with Gasteiger partial charge in [0.05, 0.1) is 38.5 Å². The van der Waals surface area contributed by atoms with Crippen LogP contribution in [0.5, 0.6) is 11.5 Å². The van der Waals surface area contributed by atoms with Gasteiger partial charge in [-0.15, -0.1) is 0 Å². The molecule has 0 bridgehead atoms. The van der Waals surface area contributed by atoms with Gasteiger partial charge in [-0.25, -0.2) is 8.42 Å². The Labute approximate surface area is 155 Å². The van der Waals surface area contributed by atoms with Gasteiger partial charge in [-0.1, -0.05) is 0 Å². The number of carbonyl (C=O) groups excluding carboxylic acids is 1. The van der Waals surface area contributed by atoms with Crippen LogP contribution in [0.2, 0.25) is 0 Å². The van der Waals surface area contributed by atoms with Crippen LogP contribution >= 0.6 is 0 Å². The van der Waals surface area contributed by atoms with Gasteiger partial charge in [0.15, 0.2) is 11.5 Å². The Kier molecular flexibility index (Phi) is 6.88. The minimum Gasteiger partial charge on any atom is -0.490 e. The van der Waals surface area contributed by atoms with Gasteiger partial charge in [0.25, 0.3) is 0 Å². The largest absolute Gasteiger partial charge is 0.490 e. The quantitative estimate of drug-likeness (QED) is 0.639. The van der Waals surface area contributed by atoms with Gasteiger partial charge in [0.2, 0.25) is 10.0 Å². The normalized spacial score (nSPS) is 17.5. The molecular weight excluding hydrogens is 358 g/mol. The van der Waals surface area contributed by atoms with Gasteiger partial charge in [-0.05, 0) is 50.5 Å². The van der Waals surface area contributed by atoms with Gasteiger partial charge in [0, 0.05) is 6.54 Å². The number of sulfonamides is 1. The lowest BCUT2D eigenvalue weighted by Crippen LogP contribution is -2.40. The second-order valence-electron chi connectivity index (χ2n) is 6.01. The maximum atomic E-state index is 12.2. The van der Waals surface area contributed by atoms with E-state index in [9.17, 15) is 13.2 Å². The lowest BCUT2D eigenvalue weighted by atomic mass is 9.91. The van der Waals surface area contributed by atoms with Gasteiger partial charge in [0.1, 0.15) is 0 Å². The average Bonchev–Trinajstić information content (AvgIpc) is 2.55. The lowest BCUT2D eigenvalue weighted by Gasteiger charge is -2.35. The van der Waals surface area contributed by atoms with Crippen LogP contribution in [0.15, 0.2) is 12.1 Å². The molecule has 1 heterocycles. The fourth-order valence-corrected chi connectivity index (χ4v) is 4.28. The fraction of sp³-hybridized carbons (Fsp3) is 0.611. The van der Waals surface area contributed by atoms with Crippen LogP contribution in [0.4, 0.5) is 0 Å². The Hall–Kier alpha value is -1.80. The van der Waals surface area contributed by atoms with E-state index in [1.807, 2.05) is 19.9 Å². The van der Waals surface area contributed by atoms with Crippen molar-refractivity contribution in [3.05, 3.63) is 23.3 Å². The first-order valence-corrected chi connectivity index (χ1v) is 10.7. The van der Waals surface area contributed by atoms with E-state index in [4.69, 9.17) is 14.2 Å². The van der Waals surface area contributed by atoms with Crippen LogP contribution in [0.1, 0.15) is 44.4 Å². The van der Waals surface area contributed by atoms with Gasteiger partial charge in [-0.2, -0.15) is 4.31 Å². The van der Waals surface area contributed by atoms with E-state index in [1.54, 1.807) is 13.0 Å². The molecule has 0 spiro atoms. The summed E-state index contributed by atoms with van der Waals surface area (Å²) in [4.78, 5) is 12.1. The fourth-order valence-electron chi connectivity index (χ4n) is 3.21. The van der Waals surface area contributed by atoms with E-state index in [2.05, 4.69) is 0 Å². The predicted octanol–water partition coefficient (Wildman–Crippen LogP) is 2.30. The highest BCUT2D eigenvalue weighted by atomic mass is 32.2. The van der Waals surface area contributed by atoms with Crippen molar-refractivity contribution in [2.45, 2.75) is 39.7 Å².